The van der Waals surface area contributed by atoms with E-state index in [1.54, 1.807) is 0 Å². The number of aryl methyl sites for hydroxylation is 4. The van der Waals surface area contributed by atoms with E-state index in [1.165, 1.54) is 0 Å². The fraction of sp³-hybridized carbons (Fsp3) is 0.583. The van der Waals surface area contributed by atoms with Crippen LogP contribution >= 0.6 is 0 Å². The summed E-state index contributed by atoms with van der Waals surface area (Å²) in [6.45, 7) is 31.7. The third kappa shape index (κ3) is 13.9. The minimum absolute atomic E-state index is 0.00919. The second-order valence-corrected chi connectivity index (χ2v) is 9.82. The molecule has 0 aliphatic carbocycles. The van der Waals surface area contributed by atoms with E-state index in [2.05, 4.69) is 24.2 Å². The van der Waals surface area contributed by atoms with Crippen LogP contribution in [0.4, 0.5) is 0 Å². The summed E-state index contributed by atoms with van der Waals surface area (Å²) in [4.78, 5) is 11.1. The summed E-state index contributed by atoms with van der Waals surface area (Å²) in [5.74, 6) is 1.38. The van der Waals surface area contributed by atoms with E-state index in [1.807, 2.05) is 125 Å². The molecule has 0 aliphatic rings. The van der Waals surface area contributed by atoms with Gasteiger partial charge in [0.2, 0.25) is 0 Å². The maximum Gasteiger partial charge on any atom is 0.307 e. The molecule has 0 amide bonds. The van der Waals surface area contributed by atoms with Gasteiger partial charge in [-0.25, -0.2) is 4.68 Å². The lowest BCUT2D eigenvalue weighted by atomic mass is 10.0. The Labute approximate surface area is 268 Å². The zero-order valence-corrected chi connectivity index (χ0v) is 30.3. The number of nitrogens with zero attached hydrogens (tertiary/aromatic N) is 3. The van der Waals surface area contributed by atoms with Crippen molar-refractivity contribution in [2.24, 2.45) is 0 Å². The van der Waals surface area contributed by atoms with E-state index in [0.29, 0.717) is 25.6 Å². The molecule has 0 radical (unpaired) electrons. The number of aliphatic carboxylic acids is 1. The van der Waals surface area contributed by atoms with Crippen molar-refractivity contribution in [1.82, 2.24) is 15.0 Å². The molecule has 1 heterocycles. The van der Waals surface area contributed by atoms with Crippen LogP contribution in [0.15, 0.2) is 30.5 Å². The van der Waals surface area contributed by atoms with Crippen molar-refractivity contribution in [2.75, 3.05) is 13.2 Å². The highest BCUT2D eigenvalue weighted by atomic mass is 16.5. The van der Waals surface area contributed by atoms with Gasteiger partial charge in [0.15, 0.2) is 0 Å². The topological polar surface area (TPSA) is 95.7 Å². The van der Waals surface area contributed by atoms with E-state index in [4.69, 9.17) is 19.3 Å². The number of aromatic nitrogens is 3. The van der Waals surface area contributed by atoms with Gasteiger partial charge in [-0.2, -0.15) is 0 Å². The Morgan fingerprint density at radius 1 is 0.841 bits per heavy atom. The molecule has 0 atom stereocenters. The number of carbonyl (C=O) groups is 1. The SMILES string of the molecule is CC.CC.CC.CC.CCOCCC(C)(C)n1cc(COc2c(C)cc(Oc3c(C)cc(CC(=O)O)cc3C)cc2C)nn1. The largest absolute Gasteiger partial charge is 0.487 e. The highest BCUT2D eigenvalue weighted by molar-refractivity contribution is 5.70. The number of rotatable bonds is 12. The molecule has 44 heavy (non-hydrogen) atoms. The minimum Gasteiger partial charge on any atom is -0.487 e. The quantitative estimate of drug-likeness (QED) is 0.203. The molecular weight excluding hydrogens is 554 g/mol. The van der Waals surface area contributed by atoms with Gasteiger partial charge in [0.25, 0.3) is 0 Å². The molecule has 1 aromatic heterocycles. The first-order chi connectivity index (χ1) is 21.0. The third-order valence-corrected chi connectivity index (χ3v) is 6.12. The van der Waals surface area contributed by atoms with Crippen molar-refractivity contribution in [3.63, 3.8) is 0 Å². The molecule has 0 unspecified atom stereocenters. The molecule has 0 aliphatic heterocycles. The third-order valence-electron chi connectivity index (χ3n) is 6.12. The zero-order valence-electron chi connectivity index (χ0n) is 30.3. The summed E-state index contributed by atoms with van der Waals surface area (Å²) < 4.78 is 19.7. The Morgan fingerprint density at radius 2 is 1.34 bits per heavy atom. The van der Waals surface area contributed by atoms with E-state index < -0.39 is 5.97 Å². The number of benzene rings is 2. The predicted molar refractivity (Wildman–Crippen MR) is 183 cm³/mol. The second kappa shape index (κ2) is 23.1. The van der Waals surface area contributed by atoms with Crippen LogP contribution in [0.2, 0.25) is 0 Å². The first-order valence-corrected chi connectivity index (χ1v) is 16.2. The van der Waals surface area contributed by atoms with Gasteiger partial charge < -0.3 is 19.3 Å². The molecule has 2 aromatic carbocycles. The van der Waals surface area contributed by atoms with Crippen molar-refractivity contribution in [1.29, 1.82) is 0 Å². The number of carboxylic acids is 1. The molecule has 0 saturated carbocycles. The lowest BCUT2D eigenvalue weighted by Gasteiger charge is -2.24. The van der Waals surface area contributed by atoms with Gasteiger partial charge >= 0.3 is 5.97 Å². The number of carboxylic acid groups (broad SMARTS) is 1. The minimum atomic E-state index is -0.850. The molecule has 0 bridgehead atoms. The Hall–Kier alpha value is -3.39. The van der Waals surface area contributed by atoms with E-state index in [-0.39, 0.29) is 12.0 Å². The molecule has 8 nitrogen and oxygen atoms in total. The average molecular weight is 616 g/mol. The van der Waals surface area contributed by atoms with Gasteiger partial charge in [0.05, 0.1) is 18.2 Å². The molecule has 8 heteroatoms. The summed E-state index contributed by atoms with van der Waals surface area (Å²) >= 11 is 0. The highest BCUT2D eigenvalue weighted by Crippen LogP contribution is 2.35. The van der Waals surface area contributed by atoms with Crippen LogP contribution in [0.5, 0.6) is 17.2 Å². The molecule has 250 valence electrons. The van der Waals surface area contributed by atoms with E-state index in [0.717, 1.165) is 51.4 Å². The van der Waals surface area contributed by atoms with Gasteiger partial charge in [0, 0.05) is 13.2 Å². The van der Waals surface area contributed by atoms with Gasteiger partial charge in [0.1, 0.15) is 29.5 Å². The van der Waals surface area contributed by atoms with Crippen molar-refractivity contribution in [3.05, 3.63) is 64.0 Å². The Kier molecular flexibility index (Phi) is 22.4. The molecule has 0 saturated heterocycles. The summed E-state index contributed by atoms with van der Waals surface area (Å²) in [5.41, 5.74) is 5.01. The van der Waals surface area contributed by atoms with Crippen LogP contribution < -0.4 is 9.47 Å². The molecule has 0 fully saturated rings. The Balaban J connectivity index is 0. The monoisotopic (exact) mass is 615 g/mol. The van der Waals surface area contributed by atoms with Crippen LogP contribution in [-0.4, -0.2) is 39.3 Å². The van der Waals surface area contributed by atoms with Crippen LogP contribution in [0, 0.1) is 27.7 Å². The number of hydrogen-bond donors (Lipinski definition) is 1. The molecular formula is C36H61N3O5. The van der Waals surface area contributed by atoms with Gasteiger partial charge in [-0.1, -0.05) is 72.7 Å². The molecule has 1 N–H and O–H groups in total. The first kappa shape index (κ1) is 42.7. The number of ether oxygens (including phenoxy) is 3. The van der Waals surface area contributed by atoms with Crippen molar-refractivity contribution < 1.29 is 24.1 Å². The lowest BCUT2D eigenvalue weighted by molar-refractivity contribution is -0.136. The van der Waals surface area contributed by atoms with Gasteiger partial charge in [-0.15, -0.1) is 5.10 Å². The smallest absolute Gasteiger partial charge is 0.307 e. The summed E-state index contributed by atoms with van der Waals surface area (Å²) in [6, 6.07) is 7.61. The molecule has 3 aromatic rings. The Bertz CT molecular complexity index is 1170. The average Bonchev–Trinajstić information content (AvgIpc) is 3.49. The van der Waals surface area contributed by atoms with Crippen LogP contribution in [0.3, 0.4) is 0 Å². The maximum atomic E-state index is 11.1. The van der Waals surface area contributed by atoms with Crippen LogP contribution in [-0.2, 0) is 28.1 Å². The van der Waals surface area contributed by atoms with Crippen molar-refractivity contribution in [2.45, 2.75) is 129 Å². The number of hydrogen-bond acceptors (Lipinski definition) is 6. The van der Waals surface area contributed by atoms with Crippen LogP contribution in [0.1, 0.15) is 116 Å². The molecule has 3 rings (SSSR count). The fourth-order valence-electron chi connectivity index (χ4n) is 4.18. The van der Waals surface area contributed by atoms with E-state index >= 15 is 0 Å². The Morgan fingerprint density at radius 3 is 1.82 bits per heavy atom. The van der Waals surface area contributed by atoms with E-state index in [9.17, 15) is 4.79 Å². The lowest BCUT2D eigenvalue weighted by Crippen LogP contribution is -2.28. The molecule has 0 spiro atoms. The zero-order chi connectivity index (χ0) is 34.5. The predicted octanol–water partition coefficient (Wildman–Crippen LogP) is 9.78. The maximum absolute atomic E-state index is 11.1. The second-order valence-electron chi connectivity index (χ2n) is 9.82. The summed E-state index contributed by atoms with van der Waals surface area (Å²) in [6.07, 6.45) is 2.75. The first-order valence-electron chi connectivity index (χ1n) is 16.2. The standard InChI is InChI=1S/C28H37N3O5.4C2H6/c1-8-34-10-9-28(6,7)31-16-23(29-30-31)17-35-26-20(4)13-24(14-21(26)5)36-27-18(2)11-22(12-19(27)3)15-25(32)33;4*1-2/h11-14,16H,8-10,15,17H2,1-7H3,(H,32,33);4*1-2H3. The van der Waals surface area contributed by atoms with Crippen molar-refractivity contribution >= 4 is 5.97 Å². The van der Waals surface area contributed by atoms with Gasteiger partial charge in [-0.05, 0) is 94.8 Å². The summed E-state index contributed by atoms with van der Waals surface area (Å²) in [5, 5.41) is 17.7. The van der Waals surface area contributed by atoms with Crippen molar-refractivity contribution in [3.8, 4) is 17.2 Å². The normalized spacial score (nSPS) is 9.98. The highest BCUT2D eigenvalue weighted by Gasteiger charge is 2.22. The summed E-state index contributed by atoms with van der Waals surface area (Å²) in [7, 11) is 0. The van der Waals surface area contributed by atoms with Gasteiger partial charge in [-0.3, -0.25) is 4.79 Å². The fourth-order valence-corrected chi connectivity index (χ4v) is 4.18. The van der Waals surface area contributed by atoms with Crippen LogP contribution in [0.25, 0.3) is 0 Å².